The molecule has 1 aromatic carbocycles. The smallest absolute Gasteiger partial charge is 0.337 e. The van der Waals surface area contributed by atoms with Crippen LogP contribution in [0.15, 0.2) is 18.2 Å². The van der Waals surface area contributed by atoms with E-state index in [1.54, 1.807) is 0 Å². The molecule has 0 saturated carbocycles. The van der Waals surface area contributed by atoms with E-state index in [1.807, 2.05) is 0 Å². The highest BCUT2D eigenvalue weighted by atomic mass is 19.3. The molecule has 0 heterocycles. The van der Waals surface area contributed by atoms with Gasteiger partial charge in [-0.05, 0) is 18.2 Å². The average Bonchev–Trinajstić information content (AvgIpc) is 2.39. The summed E-state index contributed by atoms with van der Waals surface area (Å²) in [6.07, 6.45) is -2.59. The number of ether oxygens (including phenoxy) is 1. The lowest BCUT2D eigenvalue weighted by Crippen LogP contribution is -2.32. The number of carboxylic acids is 1. The van der Waals surface area contributed by atoms with Crippen molar-refractivity contribution in [2.45, 2.75) is 6.43 Å². The summed E-state index contributed by atoms with van der Waals surface area (Å²) in [4.78, 5) is 22.3. The van der Waals surface area contributed by atoms with Gasteiger partial charge in [0.1, 0.15) is 12.4 Å². The number of aromatic carboxylic acids is 1. The zero-order valence-corrected chi connectivity index (χ0v) is 10.7. The number of carboxylic acid groups (broad SMARTS) is 1. The SMILES string of the molecule is O=C(NCCOCC(F)F)Nc1ccc(F)cc1C(=O)O. The molecule has 0 radical (unpaired) electrons. The minimum atomic E-state index is -2.59. The minimum Gasteiger partial charge on any atom is -0.478 e. The Balaban J connectivity index is 2.46. The third-order valence-corrected chi connectivity index (χ3v) is 2.24. The number of urea groups is 1. The lowest BCUT2D eigenvalue weighted by atomic mass is 10.2. The van der Waals surface area contributed by atoms with Gasteiger partial charge in [0.05, 0.1) is 17.9 Å². The molecule has 9 heteroatoms. The molecule has 0 unspecified atom stereocenters. The van der Waals surface area contributed by atoms with Crippen LogP contribution >= 0.6 is 0 Å². The van der Waals surface area contributed by atoms with Gasteiger partial charge in [-0.25, -0.2) is 22.8 Å². The fourth-order valence-electron chi connectivity index (χ4n) is 1.38. The predicted octanol–water partition coefficient (Wildman–Crippen LogP) is 1.93. The topological polar surface area (TPSA) is 87.7 Å². The number of anilines is 1. The Labute approximate surface area is 117 Å². The predicted molar refractivity (Wildman–Crippen MR) is 67.2 cm³/mol. The summed E-state index contributed by atoms with van der Waals surface area (Å²) < 4.78 is 41.0. The molecule has 0 saturated heterocycles. The summed E-state index contributed by atoms with van der Waals surface area (Å²) in [6.45, 7) is -0.889. The maximum absolute atomic E-state index is 12.9. The van der Waals surface area contributed by atoms with Crippen molar-refractivity contribution in [3.8, 4) is 0 Å². The molecule has 0 atom stereocenters. The van der Waals surface area contributed by atoms with Gasteiger partial charge >= 0.3 is 12.0 Å². The van der Waals surface area contributed by atoms with Crippen LogP contribution in [-0.2, 0) is 4.74 Å². The highest BCUT2D eigenvalue weighted by molar-refractivity contribution is 5.99. The van der Waals surface area contributed by atoms with Crippen LogP contribution in [0.5, 0.6) is 0 Å². The van der Waals surface area contributed by atoms with Crippen molar-refractivity contribution in [2.75, 3.05) is 25.1 Å². The van der Waals surface area contributed by atoms with Crippen LogP contribution < -0.4 is 10.6 Å². The van der Waals surface area contributed by atoms with Gasteiger partial charge in [-0.2, -0.15) is 0 Å². The van der Waals surface area contributed by atoms with Crippen molar-refractivity contribution in [1.29, 1.82) is 0 Å². The molecule has 2 amide bonds. The molecule has 0 fully saturated rings. The van der Waals surface area contributed by atoms with Crippen LogP contribution in [0.25, 0.3) is 0 Å². The quantitative estimate of drug-likeness (QED) is 0.672. The zero-order valence-electron chi connectivity index (χ0n) is 10.7. The van der Waals surface area contributed by atoms with Crippen molar-refractivity contribution in [2.24, 2.45) is 0 Å². The minimum absolute atomic E-state index is 0.0395. The molecular weight excluding hydrogens is 293 g/mol. The molecule has 1 aromatic rings. The number of halogens is 3. The second-order valence-corrected chi connectivity index (χ2v) is 3.84. The lowest BCUT2D eigenvalue weighted by Gasteiger charge is -2.10. The second kappa shape index (κ2) is 8.10. The van der Waals surface area contributed by atoms with Gasteiger partial charge in [-0.3, -0.25) is 0 Å². The zero-order chi connectivity index (χ0) is 15.8. The first-order valence-electron chi connectivity index (χ1n) is 5.83. The largest absolute Gasteiger partial charge is 0.478 e. The highest BCUT2D eigenvalue weighted by Gasteiger charge is 2.13. The molecular formula is C12H13F3N2O4. The van der Waals surface area contributed by atoms with Crippen LogP contribution in [0.2, 0.25) is 0 Å². The van der Waals surface area contributed by atoms with Crippen molar-refractivity contribution >= 4 is 17.7 Å². The van der Waals surface area contributed by atoms with Gasteiger partial charge in [-0.1, -0.05) is 0 Å². The number of rotatable bonds is 7. The van der Waals surface area contributed by atoms with E-state index in [1.165, 1.54) is 0 Å². The Hall–Kier alpha value is -2.29. The first-order valence-corrected chi connectivity index (χ1v) is 5.83. The van der Waals surface area contributed by atoms with Crippen LogP contribution in [0, 0.1) is 5.82 Å². The van der Waals surface area contributed by atoms with Crippen molar-refractivity contribution in [3.63, 3.8) is 0 Å². The Morgan fingerprint density at radius 2 is 2.05 bits per heavy atom. The summed E-state index contributed by atoms with van der Waals surface area (Å²) in [5, 5.41) is 13.4. The van der Waals surface area contributed by atoms with Gasteiger partial charge in [0.2, 0.25) is 0 Å². The number of carbonyl (C=O) groups is 2. The molecule has 0 aliphatic rings. The summed E-state index contributed by atoms with van der Waals surface area (Å²) in [5.41, 5.74) is -0.492. The number of hydrogen-bond acceptors (Lipinski definition) is 3. The fraction of sp³-hybridized carbons (Fsp3) is 0.333. The molecule has 116 valence electrons. The molecule has 6 nitrogen and oxygen atoms in total. The number of carbonyl (C=O) groups excluding carboxylic acids is 1. The monoisotopic (exact) mass is 306 g/mol. The van der Waals surface area contributed by atoms with E-state index in [0.29, 0.717) is 0 Å². The van der Waals surface area contributed by atoms with E-state index in [0.717, 1.165) is 18.2 Å². The van der Waals surface area contributed by atoms with E-state index in [2.05, 4.69) is 15.4 Å². The van der Waals surface area contributed by atoms with Crippen molar-refractivity contribution < 1.29 is 32.6 Å². The van der Waals surface area contributed by atoms with E-state index in [-0.39, 0.29) is 18.8 Å². The first kappa shape index (κ1) is 16.8. The Morgan fingerprint density at radius 3 is 2.67 bits per heavy atom. The second-order valence-electron chi connectivity index (χ2n) is 3.84. The standard InChI is InChI=1S/C12H13F3N2O4/c13-7-1-2-9(8(5-7)11(18)19)17-12(20)16-3-4-21-6-10(14)15/h1-2,5,10H,3-4,6H2,(H,18,19)(H2,16,17,20). The Kier molecular flexibility index (Phi) is 6.47. The van der Waals surface area contributed by atoms with Gasteiger partial charge in [0.25, 0.3) is 6.43 Å². The fourth-order valence-corrected chi connectivity index (χ4v) is 1.38. The van der Waals surface area contributed by atoms with Crippen LogP contribution in [0.1, 0.15) is 10.4 Å². The Bertz CT molecular complexity index is 511. The summed E-state index contributed by atoms with van der Waals surface area (Å²) in [5.74, 6) is -2.15. The van der Waals surface area contributed by atoms with Crippen LogP contribution in [-0.4, -0.2) is 43.3 Å². The van der Waals surface area contributed by atoms with E-state index in [4.69, 9.17) is 5.11 Å². The summed E-state index contributed by atoms with van der Waals surface area (Å²) in [6, 6.07) is 2.10. The van der Waals surface area contributed by atoms with Crippen molar-refractivity contribution in [1.82, 2.24) is 5.32 Å². The molecule has 0 aliphatic heterocycles. The number of amides is 2. The molecule has 1 rings (SSSR count). The lowest BCUT2D eigenvalue weighted by molar-refractivity contribution is 0.0194. The van der Waals surface area contributed by atoms with Gasteiger partial charge < -0.3 is 20.5 Å². The molecule has 0 aliphatic carbocycles. The Morgan fingerprint density at radius 1 is 1.33 bits per heavy atom. The van der Waals surface area contributed by atoms with Crippen LogP contribution in [0.4, 0.5) is 23.7 Å². The van der Waals surface area contributed by atoms with Gasteiger partial charge in [0.15, 0.2) is 0 Å². The maximum Gasteiger partial charge on any atom is 0.337 e. The molecule has 0 aromatic heterocycles. The normalized spacial score (nSPS) is 10.5. The molecule has 3 N–H and O–H groups in total. The average molecular weight is 306 g/mol. The van der Waals surface area contributed by atoms with Gasteiger partial charge in [0, 0.05) is 6.54 Å². The third-order valence-electron chi connectivity index (χ3n) is 2.24. The van der Waals surface area contributed by atoms with E-state index < -0.39 is 36.4 Å². The maximum atomic E-state index is 12.9. The summed E-state index contributed by atoms with van der Waals surface area (Å²) in [7, 11) is 0. The van der Waals surface area contributed by atoms with Crippen LogP contribution in [0.3, 0.4) is 0 Å². The van der Waals surface area contributed by atoms with Crippen molar-refractivity contribution in [3.05, 3.63) is 29.6 Å². The summed E-state index contributed by atoms with van der Waals surface area (Å²) >= 11 is 0. The molecule has 0 bridgehead atoms. The van der Waals surface area contributed by atoms with Gasteiger partial charge in [-0.15, -0.1) is 0 Å². The number of benzene rings is 1. The highest BCUT2D eigenvalue weighted by Crippen LogP contribution is 2.16. The van der Waals surface area contributed by atoms with E-state index >= 15 is 0 Å². The molecule has 21 heavy (non-hydrogen) atoms. The number of alkyl halides is 2. The van der Waals surface area contributed by atoms with E-state index in [9.17, 15) is 22.8 Å². The first-order chi connectivity index (χ1) is 9.90. The number of hydrogen-bond donors (Lipinski definition) is 3. The number of nitrogens with one attached hydrogen (secondary N) is 2. The third kappa shape index (κ3) is 6.13. The molecule has 0 spiro atoms.